The average molecular weight is 285 g/mol. The Kier molecular flexibility index (Phi) is 3.83. The zero-order chi connectivity index (χ0) is 14.8. The van der Waals surface area contributed by atoms with Gasteiger partial charge in [-0.2, -0.15) is 0 Å². The van der Waals surface area contributed by atoms with E-state index in [0.717, 1.165) is 17.7 Å². The normalized spacial score (nSPS) is 11.2. The number of nitrogens with one attached hydrogen (secondary N) is 1. The molecule has 0 saturated carbocycles. The molecule has 0 unspecified atom stereocenters. The van der Waals surface area contributed by atoms with Gasteiger partial charge in [0.05, 0.1) is 5.69 Å². The Morgan fingerprint density at radius 2 is 1.65 bits per heavy atom. The molecule has 0 radical (unpaired) electrons. The predicted molar refractivity (Wildman–Crippen MR) is 67.5 cm³/mol. The first-order chi connectivity index (χ1) is 9.33. The number of ether oxygens (including phenoxy) is 1. The lowest BCUT2D eigenvalue weighted by molar-refractivity contribution is -0.274. The van der Waals surface area contributed by atoms with Gasteiger partial charge in [-0.05, 0) is 48.9 Å². The molecular weight excluding hydrogens is 274 g/mol. The molecular formula is C14H11F4NO. The Morgan fingerprint density at radius 3 is 2.25 bits per heavy atom. The van der Waals surface area contributed by atoms with Gasteiger partial charge < -0.3 is 10.1 Å². The number of alkyl halides is 3. The van der Waals surface area contributed by atoms with E-state index >= 15 is 0 Å². The molecule has 1 N–H and O–H groups in total. The molecule has 0 bridgehead atoms. The van der Waals surface area contributed by atoms with Crippen LogP contribution in [0.2, 0.25) is 0 Å². The molecule has 2 rings (SSSR count). The molecule has 0 atom stereocenters. The lowest BCUT2D eigenvalue weighted by atomic mass is 10.2. The van der Waals surface area contributed by atoms with Crippen LogP contribution < -0.4 is 10.1 Å². The minimum atomic E-state index is -4.72. The molecule has 0 heterocycles. The summed E-state index contributed by atoms with van der Waals surface area (Å²) >= 11 is 0. The Bertz CT molecular complexity index is 593. The number of rotatable bonds is 3. The van der Waals surface area contributed by atoms with E-state index in [4.69, 9.17) is 0 Å². The zero-order valence-electron chi connectivity index (χ0n) is 10.5. The maximum absolute atomic E-state index is 13.5. The van der Waals surface area contributed by atoms with Crippen molar-refractivity contribution in [3.8, 4) is 5.75 Å². The molecule has 0 saturated heterocycles. The first kappa shape index (κ1) is 14.2. The summed E-state index contributed by atoms with van der Waals surface area (Å²) in [5.74, 6) is -0.765. The highest BCUT2D eigenvalue weighted by Crippen LogP contribution is 2.26. The van der Waals surface area contributed by atoms with Crippen molar-refractivity contribution in [3.63, 3.8) is 0 Å². The fraction of sp³-hybridized carbons (Fsp3) is 0.143. The van der Waals surface area contributed by atoms with Crippen LogP contribution in [-0.2, 0) is 0 Å². The van der Waals surface area contributed by atoms with Gasteiger partial charge in [0.15, 0.2) is 0 Å². The van der Waals surface area contributed by atoms with Crippen molar-refractivity contribution in [2.45, 2.75) is 13.3 Å². The minimum absolute atomic E-state index is 0.259. The van der Waals surface area contributed by atoms with Crippen LogP contribution in [0.3, 0.4) is 0 Å². The van der Waals surface area contributed by atoms with E-state index in [2.05, 4.69) is 10.1 Å². The minimum Gasteiger partial charge on any atom is -0.406 e. The Morgan fingerprint density at radius 1 is 1.00 bits per heavy atom. The van der Waals surface area contributed by atoms with Crippen molar-refractivity contribution in [2.24, 2.45) is 0 Å². The number of aryl methyl sites for hydroxylation is 1. The number of halogens is 4. The molecule has 0 spiro atoms. The third-order valence-corrected chi connectivity index (χ3v) is 2.49. The van der Waals surface area contributed by atoms with E-state index in [1.165, 1.54) is 18.2 Å². The summed E-state index contributed by atoms with van der Waals surface area (Å²) in [5, 5.41) is 2.79. The second-order valence-electron chi connectivity index (χ2n) is 4.18. The summed E-state index contributed by atoms with van der Waals surface area (Å²) in [4.78, 5) is 0. The van der Waals surface area contributed by atoms with Gasteiger partial charge in [0.2, 0.25) is 0 Å². The fourth-order valence-corrected chi connectivity index (χ4v) is 1.63. The molecule has 2 aromatic carbocycles. The highest BCUT2D eigenvalue weighted by molar-refractivity contribution is 5.61. The molecule has 20 heavy (non-hydrogen) atoms. The molecule has 2 nitrogen and oxygen atoms in total. The fourth-order valence-electron chi connectivity index (χ4n) is 1.63. The van der Waals surface area contributed by atoms with Crippen LogP contribution in [0.4, 0.5) is 28.9 Å². The third kappa shape index (κ3) is 3.88. The zero-order valence-corrected chi connectivity index (χ0v) is 10.5. The van der Waals surface area contributed by atoms with E-state index in [1.807, 2.05) is 6.92 Å². The van der Waals surface area contributed by atoms with Crippen LogP contribution in [-0.4, -0.2) is 6.36 Å². The Balaban J connectivity index is 2.13. The van der Waals surface area contributed by atoms with Crippen LogP contribution in [0, 0.1) is 12.7 Å². The van der Waals surface area contributed by atoms with Gasteiger partial charge >= 0.3 is 6.36 Å². The van der Waals surface area contributed by atoms with E-state index in [-0.39, 0.29) is 11.4 Å². The summed E-state index contributed by atoms with van der Waals surface area (Å²) in [6.07, 6.45) is -4.72. The molecule has 0 fully saturated rings. The number of anilines is 2. The Labute approximate surface area is 113 Å². The molecule has 0 aliphatic heterocycles. The highest BCUT2D eigenvalue weighted by Gasteiger charge is 2.30. The van der Waals surface area contributed by atoms with E-state index < -0.39 is 12.2 Å². The molecule has 106 valence electrons. The summed E-state index contributed by atoms with van der Waals surface area (Å²) in [6.45, 7) is 1.81. The smallest absolute Gasteiger partial charge is 0.406 e. The monoisotopic (exact) mass is 285 g/mol. The summed E-state index contributed by atoms with van der Waals surface area (Å²) in [5.41, 5.74) is 1.59. The maximum atomic E-state index is 13.5. The van der Waals surface area contributed by atoms with Gasteiger partial charge in [-0.15, -0.1) is 13.2 Å². The van der Waals surface area contributed by atoms with Crippen molar-refractivity contribution in [2.75, 3.05) is 5.32 Å². The topological polar surface area (TPSA) is 21.3 Å². The average Bonchev–Trinajstić information content (AvgIpc) is 2.34. The van der Waals surface area contributed by atoms with Gasteiger partial charge in [0.1, 0.15) is 11.6 Å². The number of hydrogen-bond acceptors (Lipinski definition) is 2. The van der Waals surface area contributed by atoms with Crippen LogP contribution in [0.1, 0.15) is 5.56 Å². The van der Waals surface area contributed by atoms with Gasteiger partial charge in [0.25, 0.3) is 0 Å². The number of benzene rings is 2. The summed E-state index contributed by atoms with van der Waals surface area (Å²) in [7, 11) is 0. The lowest BCUT2D eigenvalue weighted by Crippen LogP contribution is -2.16. The van der Waals surface area contributed by atoms with E-state index in [1.54, 1.807) is 12.1 Å². The van der Waals surface area contributed by atoms with E-state index in [9.17, 15) is 17.6 Å². The van der Waals surface area contributed by atoms with Crippen molar-refractivity contribution < 1.29 is 22.3 Å². The van der Waals surface area contributed by atoms with Crippen LogP contribution in [0.5, 0.6) is 5.75 Å². The van der Waals surface area contributed by atoms with Crippen molar-refractivity contribution in [1.82, 2.24) is 0 Å². The SMILES string of the molecule is Cc1ccc(F)c(Nc2ccc(OC(F)(F)F)cc2)c1. The van der Waals surface area contributed by atoms with Crippen LogP contribution >= 0.6 is 0 Å². The van der Waals surface area contributed by atoms with Gasteiger partial charge in [0, 0.05) is 5.69 Å². The molecule has 0 aromatic heterocycles. The van der Waals surface area contributed by atoms with Crippen molar-refractivity contribution >= 4 is 11.4 Å². The second kappa shape index (κ2) is 5.40. The van der Waals surface area contributed by atoms with Crippen LogP contribution in [0.15, 0.2) is 42.5 Å². The van der Waals surface area contributed by atoms with Gasteiger partial charge in [-0.3, -0.25) is 0 Å². The van der Waals surface area contributed by atoms with Gasteiger partial charge in [-0.25, -0.2) is 4.39 Å². The predicted octanol–water partition coefficient (Wildman–Crippen LogP) is 4.78. The van der Waals surface area contributed by atoms with Crippen molar-refractivity contribution in [3.05, 3.63) is 53.8 Å². The number of hydrogen-bond donors (Lipinski definition) is 1. The second-order valence-corrected chi connectivity index (χ2v) is 4.18. The molecule has 0 aliphatic rings. The Hall–Kier alpha value is -2.24. The van der Waals surface area contributed by atoms with Gasteiger partial charge in [-0.1, -0.05) is 6.07 Å². The lowest BCUT2D eigenvalue weighted by Gasteiger charge is -2.11. The first-order valence-corrected chi connectivity index (χ1v) is 5.72. The largest absolute Gasteiger partial charge is 0.573 e. The molecule has 0 amide bonds. The van der Waals surface area contributed by atoms with Crippen molar-refractivity contribution in [1.29, 1.82) is 0 Å². The third-order valence-electron chi connectivity index (χ3n) is 2.49. The molecule has 2 aromatic rings. The first-order valence-electron chi connectivity index (χ1n) is 5.72. The maximum Gasteiger partial charge on any atom is 0.573 e. The quantitative estimate of drug-likeness (QED) is 0.820. The summed E-state index contributed by atoms with van der Waals surface area (Å²) in [6, 6.07) is 9.62. The highest BCUT2D eigenvalue weighted by atomic mass is 19.4. The summed E-state index contributed by atoms with van der Waals surface area (Å²) < 4.78 is 53.3. The standard InChI is InChI=1S/C14H11F4NO/c1-9-2-7-12(15)13(8-9)19-10-3-5-11(6-4-10)20-14(16,17)18/h2-8,19H,1H3. The molecule has 6 heteroatoms. The van der Waals surface area contributed by atoms with Crippen LogP contribution in [0.25, 0.3) is 0 Å². The van der Waals surface area contributed by atoms with E-state index in [0.29, 0.717) is 5.69 Å². The molecule has 0 aliphatic carbocycles.